The second kappa shape index (κ2) is 8.02. The molecule has 0 aliphatic carbocycles. The molecule has 30 heavy (non-hydrogen) atoms. The van der Waals surface area contributed by atoms with E-state index >= 15 is 0 Å². The summed E-state index contributed by atoms with van der Waals surface area (Å²) in [7, 11) is -3.38. The molecule has 1 aliphatic heterocycles. The number of furan rings is 1. The number of nitrogens with zero attached hydrogens (tertiary/aromatic N) is 1. The molecule has 0 atom stereocenters. The Morgan fingerprint density at radius 1 is 1.20 bits per heavy atom. The van der Waals surface area contributed by atoms with E-state index in [4.69, 9.17) is 9.15 Å². The highest BCUT2D eigenvalue weighted by molar-refractivity contribution is 7.92. The molecule has 2 heterocycles. The van der Waals surface area contributed by atoms with Gasteiger partial charge >= 0.3 is 5.97 Å². The van der Waals surface area contributed by atoms with Gasteiger partial charge in [-0.05, 0) is 43.5 Å². The van der Waals surface area contributed by atoms with E-state index in [-0.39, 0.29) is 12.4 Å². The Kier molecular flexibility index (Phi) is 5.42. The maximum atomic E-state index is 12.5. The first-order valence-corrected chi connectivity index (χ1v) is 11.8. The lowest BCUT2D eigenvalue weighted by atomic mass is 9.99. The van der Waals surface area contributed by atoms with E-state index in [9.17, 15) is 13.2 Å². The number of anilines is 2. The molecule has 0 radical (unpaired) electrons. The van der Waals surface area contributed by atoms with Gasteiger partial charge in [0, 0.05) is 29.7 Å². The van der Waals surface area contributed by atoms with E-state index in [1.165, 1.54) is 0 Å². The zero-order valence-electron chi connectivity index (χ0n) is 17.0. The number of ether oxygens (including phenoxy) is 1. The van der Waals surface area contributed by atoms with Gasteiger partial charge in [0.1, 0.15) is 5.58 Å². The van der Waals surface area contributed by atoms with E-state index in [2.05, 4.69) is 9.62 Å². The number of hydrogen-bond acceptors (Lipinski definition) is 6. The van der Waals surface area contributed by atoms with Crippen molar-refractivity contribution >= 4 is 38.3 Å². The number of hydrogen-bond donors (Lipinski definition) is 1. The van der Waals surface area contributed by atoms with E-state index in [0.29, 0.717) is 17.8 Å². The summed E-state index contributed by atoms with van der Waals surface area (Å²) in [6, 6.07) is 13.1. The molecule has 0 saturated heterocycles. The largest absolute Gasteiger partial charge is 0.460 e. The Morgan fingerprint density at radius 2 is 2.00 bits per heavy atom. The molecule has 0 bridgehead atoms. The minimum Gasteiger partial charge on any atom is -0.460 e. The van der Waals surface area contributed by atoms with Crippen molar-refractivity contribution in [3.8, 4) is 0 Å². The van der Waals surface area contributed by atoms with Gasteiger partial charge < -0.3 is 14.1 Å². The molecule has 2 aromatic carbocycles. The molecule has 0 fully saturated rings. The van der Waals surface area contributed by atoms with Crippen LogP contribution in [0.25, 0.3) is 11.0 Å². The van der Waals surface area contributed by atoms with Gasteiger partial charge in [-0.25, -0.2) is 13.2 Å². The lowest BCUT2D eigenvalue weighted by Gasteiger charge is -2.32. The Labute approximate surface area is 175 Å². The number of sulfonamides is 1. The van der Waals surface area contributed by atoms with Crippen LogP contribution in [0.1, 0.15) is 35.0 Å². The Hall–Kier alpha value is -3.00. The number of esters is 1. The highest BCUT2D eigenvalue weighted by atomic mass is 32.2. The molecule has 1 aromatic heterocycles. The number of rotatable bonds is 6. The van der Waals surface area contributed by atoms with Gasteiger partial charge in [0.2, 0.25) is 15.8 Å². The normalized spacial score (nSPS) is 13.9. The van der Waals surface area contributed by atoms with Crippen molar-refractivity contribution in [2.75, 3.05) is 29.0 Å². The third-order valence-electron chi connectivity index (χ3n) is 5.15. The fourth-order valence-electron chi connectivity index (χ4n) is 3.97. The summed E-state index contributed by atoms with van der Waals surface area (Å²) in [4.78, 5) is 14.7. The van der Waals surface area contributed by atoms with Gasteiger partial charge in [-0.2, -0.15) is 0 Å². The zero-order valence-corrected chi connectivity index (χ0v) is 17.8. The summed E-state index contributed by atoms with van der Waals surface area (Å²) >= 11 is 0. The van der Waals surface area contributed by atoms with E-state index in [1.807, 2.05) is 36.4 Å². The lowest BCUT2D eigenvalue weighted by molar-refractivity contribution is 0.0491. The van der Waals surface area contributed by atoms with Crippen molar-refractivity contribution in [2.45, 2.75) is 26.3 Å². The molecule has 0 saturated carbocycles. The SMILES string of the molecule is CCOC(=O)c1oc2ccccc2c1CN1CCCc2c(NS(C)(=O)=O)cccc21. The molecule has 1 N–H and O–H groups in total. The number of carbonyl (C=O) groups excluding carboxylic acids is 1. The van der Waals surface area contributed by atoms with E-state index in [0.717, 1.165) is 47.8 Å². The fraction of sp³-hybridized carbons (Fsp3) is 0.318. The summed E-state index contributed by atoms with van der Waals surface area (Å²) in [5.74, 6) is -0.260. The van der Waals surface area contributed by atoms with Gasteiger partial charge in [-0.15, -0.1) is 0 Å². The molecule has 0 amide bonds. The smallest absolute Gasteiger partial charge is 0.374 e. The topological polar surface area (TPSA) is 88.8 Å². The van der Waals surface area contributed by atoms with Gasteiger partial charge in [-0.1, -0.05) is 24.3 Å². The molecule has 4 rings (SSSR count). The molecule has 3 aromatic rings. The molecule has 158 valence electrons. The average molecular weight is 429 g/mol. The predicted molar refractivity (Wildman–Crippen MR) is 116 cm³/mol. The predicted octanol–water partition coefficient (Wildman–Crippen LogP) is 3.93. The molecular weight excluding hydrogens is 404 g/mol. The molecular formula is C22H24N2O5S. The fourth-order valence-corrected chi connectivity index (χ4v) is 4.56. The van der Waals surface area contributed by atoms with Crippen LogP contribution in [0.4, 0.5) is 11.4 Å². The quantitative estimate of drug-likeness (QED) is 0.599. The maximum Gasteiger partial charge on any atom is 0.374 e. The molecule has 7 nitrogen and oxygen atoms in total. The third-order valence-corrected chi connectivity index (χ3v) is 5.74. The summed E-state index contributed by atoms with van der Waals surface area (Å²) in [6.07, 6.45) is 2.80. The molecule has 0 unspecified atom stereocenters. The minimum atomic E-state index is -3.38. The molecule has 8 heteroatoms. The summed E-state index contributed by atoms with van der Waals surface area (Å²) < 4.78 is 37.2. The Balaban J connectivity index is 1.75. The van der Waals surface area contributed by atoms with Crippen molar-refractivity contribution in [3.05, 3.63) is 59.4 Å². The lowest BCUT2D eigenvalue weighted by Crippen LogP contribution is -2.30. The Bertz CT molecular complexity index is 1200. The first kappa shape index (κ1) is 20.3. The number of carbonyl (C=O) groups is 1. The second-order valence-electron chi connectivity index (χ2n) is 7.33. The summed E-state index contributed by atoms with van der Waals surface area (Å²) in [5, 5.41) is 0.873. The van der Waals surface area contributed by atoms with Crippen LogP contribution in [0.15, 0.2) is 46.9 Å². The second-order valence-corrected chi connectivity index (χ2v) is 9.08. The highest BCUT2D eigenvalue weighted by Crippen LogP contribution is 2.36. The van der Waals surface area contributed by atoms with E-state index in [1.54, 1.807) is 13.0 Å². The van der Waals surface area contributed by atoms with E-state index < -0.39 is 16.0 Å². The Morgan fingerprint density at radius 3 is 2.77 bits per heavy atom. The van der Waals surface area contributed by atoms with Crippen molar-refractivity contribution in [3.63, 3.8) is 0 Å². The number of para-hydroxylation sites is 1. The summed E-state index contributed by atoms with van der Waals surface area (Å²) in [5.41, 5.74) is 3.93. The van der Waals surface area contributed by atoms with Crippen LogP contribution >= 0.6 is 0 Å². The van der Waals surface area contributed by atoms with Crippen LogP contribution in [0.2, 0.25) is 0 Å². The van der Waals surface area contributed by atoms with Gasteiger partial charge in [0.05, 0.1) is 18.6 Å². The van der Waals surface area contributed by atoms with Crippen LogP contribution in [0.3, 0.4) is 0 Å². The van der Waals surface area contributed by atoms with Crippen LogP contribution in [-0.4, -0.2) is 33.8 Å². The van der Waals surface area contributed by atoms with Crippen LogP contribution < -0.4 is 9.62 Å². The first-order chi connectivity index (χ1) is 14.4. The van der Waals surface area contributed by atoms with Crippen molar-refractivity contribution < 1.29 is 22.4 Å². The summed E-state index contributed by atoms with van der Waals surface area (Å²) in [6.45, 7) is 3.28. The minimum absolute atomic E-state index is 0.218. The van der Waals surface area contributed by atoms with Crippen molar-refractivity contribution in [2.24, 2.45) is 0 Å². The monoisotopic (exact) mass is 428 g/mol. The van der Waals surface area contributed by atoms with Crippen LogP contribution in [0, 0.1) is 0 Å². The zero-order chi connectivity index (χ0) is 21.3. The van der Waals surface area contributed by atoms with Gasteiger partial charge in [-0.3, -0.25) is 4.72 Å². The average Bonchev–Trinajstić information content (AvgIpc) is 3.06. The number of fused-ring (bicyclic) bond motifs is 2. The van der Waals surface area contributed by atoms with Crippen LogP contribution in [-0.2, 0) is 27.7 Å². The van der Waals surface area contributed by atoms with Gasteiger partial charge in [0.15, 0.2) is 0 Å². The number of benzene rings is 2. The van der Waals surface area contributed by atoms with Crippen molar-refractivity contribution in [1.29, 1.82) is 0 Å². The van der Waals surface area contributed by atoms with Crippen LogP contribution in [0.5, 0.6) is 0 Å². The van der Waals surface area contributed by atoms with Gasteiger partial charge in [0.25, 0.3) is 0 Å². The standard InChI is InChI=1S/C22H24N2O5S/c1-3-28-22(25)21-17(15-8-4-5-12-20(15)29-21)14-24-13-7-9-16-18(23-30(2,26)27)10-6-11-19(16)24/h4-6,8,10-12,23H,3,7,9,13-14H2,1-2H3. The van der Waals surface area contributed by atoms with Crippen molar-refractivity contribution in [1.82, 2.24) is 0 Å². The number of nitrogens with one attached hydrogen (secondary N) is 1. The highest BCUT2D eigenvalue weighted by Gasteiger charge is 2.26. The third kappa shape index (κ3) is 4.00. The maximum absolute atomic E-state index is 12.5. The first-order valence-electron chi connectivity index (χ1n) is 9.89. The molecule has 1 aliphatic rings. The molecule has 0 spiro atoms.